The molecule has 0 N–H and O–H groups in total. The predicted octanol–water partition coefficient (Wildman–Crippen LogP) is 6.55. The van der Waals surface area contributed by atoms with Crippen LogP contribution in [-0.2, 0) is 0 Å². The SMILES string of the molecule is C[CH]CC(CC)CCCCCCCCCCC. The van der Waals surface area contributed by atoms with E-state index in [1.54, 1.807) is 0 Å². The third kappa shape index (κ3) is 12.2. The van der Waals surface area contributed by atoms with Gasteiger partial charge >= 0.3 is 0 Å². The third-order valence-corrected chi connectivity index (χ3v) is 3.86. The van der Waals surface area contributed by atoms with Crippen LogP contribution in [0.25, 0.3) is 0 Å². The van der Waals surface area contributed by atoms with Gasteiger partial charge in [0, 0.05) is 0 Å². The molecule has 0 aliphatic heterocycles. The first-order valence-corrected chi connectivity index (χ1v) is 8.12. The van der Waals surface area contributed by atoms with Gasteiger partial charge in [0.1, 0.15) is 0 Å². The molecule has 0 saturated carbocycles. The lowest BCUT2D eigenvalue weighted by atomic mass is 9.94. The van der Waals surface area contributed by atoms with Gasteiger partial charge in [-0.2, -0.15) is 0 Å². The van der Waals surface area contributed by atoms with E-state index in [-0.39, 0.29) is 0 Å². The first-order valence-electron chi connectivity index (χ1n) is 8.12. The van der Waals surface area contributed by atoms with Crippen molar-refractivity contribution >= 4 is 0 Å². The van der Waals surface area contributed by atoms with Gasteiger partial charge < -0.3 is 0 Å². The normalized spacial score (nSPS) is 12.9. The van der Waals surface area contributed by atoms with E-state index in [0.717, 1.165) is 5.92 Å². The van der Waals surface area contributed by atoms with Crippen molar-refractivity contribution in [3.8, 4) is 0 Å². The van der Waals surface area contributed by atoms with Crippen LogP contribution in [0.4, 0.5) is 0 Å². The minimum Gasteiger partial charge on any atom is -0.0654 e. The molecule has 0 aromatic heterocycles. The van der Waals surface area contributed by atoms with Crippen LogP contribution in [0.15, 0.2) is 0 Å². The highest BCUT2D eigenvalue weighted by atomic mass is 14.1. The number of hydrogen-bond acceptors (Lipinski definition) is 0. The molecule has 0 rings (SSSR count). The van der Waals surface area contributed by atoms with E-state index >= 15 is 0 Å². The second-order valence-corrected chi connectivity index (χ2v) is 5.54. The van der Waals surface area contributed by atoms with E-state index in [1.807, 2.05) is 0 Å². The minimum atomic E-state index is 0.963. The Morgan fingerprint density at radius 2 is 1.29 bits per heavy atom. The summed E-state index contributed by atoms with van der Waals surface area (Å²) in [6.45, 7) is 6.82. The van der Waals surface area contributed by atoms with Crippen LogP contribution in [-0.4, -0.2) is 0 Å². The molecular weight excluding hydrogens is 204 g/mol. The van der Waals surface area contributed by atoms with Gasteiger partial charge in [0.15, 0.2) is 0 Å². The Bertz CT molecular complexity index is 128. The lowest BCUT2D eigenvalue weighted by Crippen LogP contribution is -1.98. The van der Waals surface area contributed by atoms with Crippen LogP contribution < -0.4 is 0 Å². The summed E-state index contributed by atoms with van der Waals surface area (Å²) in [6, 6.07) is 0. The van der Waals surface area contributed by atoms with Gasteiger partial charge in [0.05, 0.1) is 0 Å². The summed E-state index contributed by atoms with van der Waals surface area (Å²) >= 11 is 0. The van der Waals surface area contributed by atoms with Crippen LogP contribution >= 0.6 is 0 Å². The molecule has 0 aromatic carbocycles. The molecule has 0 heteroatoms. The van der Waals surface area contributed by atoms with E-state index < -0.39 is 0 Å². The fourth-order valence-corrected chi connectivity index (χ4v) is 2.57. The van der Waals surface area contributed by atoms with Gasteiger partial charge in [-0.25, -0.2) is 0 Å². The number of rotatable bonds is 13. The van der Waals surface area contributed by atoms with Gasteiger partial charge in [0.2, 0.25) is 0 Å². The molecule has 103 valence electrons. The Morgan fingerprint density at radius 1 is 0.765 bits per heavy atom. The summed E-state index contributed by atoms with van der Waals surface area (Å²) in [7, 11) is 0. The predicted molar refractivity (Wildman–Crippen MR) is 80.2 cm³/mol. The monoisotopic (exact) mass is 239 g/mol. The quantitative estimate of drug-likeness (QED) is 0.320. The second kappa shape index (κ2) is 14.1. The molecule has 0 aliphatic rings. The lowest BCUT2D eigenvalue weighted by molar-refractivity contribution is 0.432. The molecule has 1 atom stereocenters. The van der Waals surface area contributed by atoms with Crippen molar-refractivity contribution in [1.82, 2.24) is 0 Å². The second-order valence-electron chi connectivity index (χ2n) is 5.54. The molecule has 0 nitrogen and oxygen atoms in total. The van der Waals surface area contributed by atoms with Crippen LogP contribution in [0.5, 0.6) is 0 Å². The van der Waals surface area contributed by atoms with Gasteiger partial charge in [0.25, 0.3) is 0 Å². The van der Waals surface area contributed by atoms with Crippen molar-refractivity contribution in [2.24, 2.45) is 5.92 Å². The Kier molecular flexibility index (Phi) is 14.1. The molecule has 0 spiro atoms. The largest absolute Gasteiger partial charge is 0.0654 e. The molecule has 17 heavy (non-hydrogen) atoms. The average Bonchev–Trinajstić information content (AvgIpc) is 2.35. The van der Waals surface area contributed by atoms with Crippen LogP contribution in [0, 0.1) is 12.3 Å². The van der Waals surface area contributed by atoms with E-state index in [1.165, 1.54) is 77.0 Å². The number of hydrogen-bond donors (Lipinski definition) is 0. The highest BCUT2D eigenvalue weighted by Gasteiger charge is 2.04. The van der Waals surface area contributed by atoms with Gasteiger partial charge in [-0.05, 0) is 18.8 Å². The van der Waals surface area contributed by atoms with Gasteiger partial charge in [-0.15, -0.1) is 0 Å². The lowest BCUT2D eigenvalue weighted by Gasteiger charge is -2.12. The molecule has 0 bridgehead atoms. The standard InChI is InChI=1S/C17H35/c1-4-7-8-9-10-11-12-13-14-16-17(6-3)15-5-2/h5,17H,4,6-16H2,1-3H3. The highest BCUT2D eigenvalue weighted by Crippen LogP contribution is 2.19. The number of unbranched alkanes of at least 4 members (excludes halogenated alkanes) is 8. The molecular formula is C17H35. The smallest absolute Gasteiger partial charge is 0.0414 e. The van der Waals surface area contributed by atoms with Crippen molar-refractivity contribution in [1.29, 1.82) is 0 Å². The highest BCUT2D eigenvalue weighted by molar-refractivity contribution is 4.65. The van der Waals surface area contributed by atoms with Crippen molar-refractivity contribution in [2.75, 3.05) is 0 Å². The summed E-state index contributed by atoms with van der Waals surface area (Å²) in [6.07, 6.45) is 19.6. The zero-order valence-corrected chi connectivity index (χ0v) is 12.6. The fourth-order valence-electron chi connectivity index (χ4n) is 2.57. The maximum Gasteiger partial charge on any atom is -0.0414 e. The van der Waals surface area contributed by atoms with Crippen LogP contribution in [0.2, 0.25) is 0 Å². The summed E-state index contributed by atoms with van der Waals surface area (Å²) in [5, 5.41) is 0. The van der Waals surface area contributed by atoms with Gasteiger partial charge in [-0.3, -0.25) is 0 Å². The van der Waals surface area contributed by atoms with Crippen LogP contribution in [0.1, 0.15) is 97.8 Å². The van der Waals surface area contributed by atoms with Gasteiger partial charge in [-0.1, -0.05) is 91.4 Å². The fraction of sp³-hybridized carbons (Fsp3) is 0.941. The Balaban J connectivity index is 3.11. The van der Waals surface area contributed by atoms with Crippen LogP contribution in [0.3, 0.4) is 0 Å². The Hall–Kier alpha value is 0. The summed E-state index contributed by atoms with van der Waals surface area (Å²) < 4.78 is 0. The summed E-state index contributed by atoms with van der Waals surface area (Å²) in [5.74, 6) is 0.963. The first kappa shape index (κ1) is 17.0. The third-order valence-electron chi connectivity index (χ3n) is 3.86. The van der Waals surface area contributed by atoms with Crippen molar-refractivity contribution in [3.63, 3.8) is 0 Å². The maximum absolute atomic E-state index is 2.34. The van der Waals surface area contributed by atoms with Crippen molar-refractivity contribution < 1.29 is 0 Å². The molecule has 0 aliphatic carbocycles. The van der Waals surface area contributed by atoms with E-state index in [4.69, 9.17) is 0 Å². The average molecular weight is 239 g/mol. The molecule has 0 aromatic rings. The minimum absolute atomic E-state index is 0.963. The molecule has 0 fully saturated rings. The zero-order chi connectivity index (χ0) is 12.8. The van der Waals surface area contributed by atoms with E-state index in [2.05, 4.69) is 27.2 Å². The molecule has 0 amide bonds. The summed E-state index contributed by atoms with van der Waals surface area (Å²) in [4.78, 5) is 0. The van der Waals surface area contributed by atoms with E-state index in [0.29, 0.717) is 0 Å². The molecule has 1 unspecified atom stereocenters. The molecule has 0 heterocycles. The van der Waals surface area contributed by atoms with Crippen molar-refractivity contribution in [3.05, 3.63) is 6.42 Å². The molecule has 0 saturated heterocycles. The molecule has 1 radical (unpaired) electrons. The Labute approximate surface area is 111 Å². The van der Waals surface area contributed by atoms with E-state index in [9.17, 15) is 0 Å². The topological polar surface area (TPSA) is 0 Å². The van der Waals surface area contributed by atoms with Crippen molar-refractivity contribution in [2.45, 2.75) is 97.8 Å². The zero-order valence-electron chi connectivity index (χ0n) is 12.6. The first-order chi connectivity index (χ1) is 8.35. The Morgan fingerprint density at radius 3 is 1.76 bits per heavy atom. The maximum atomic E-state index is 2.34. The summed E-state index contributed by atoms with van der Waals surface area (Å²) in [5.41, 5.74) is 0.